The van der Waals surface area contributed by atoms with Gasteiger partial charge < -0.3 is 15.9 Å². The van der Waals surface area contributed by atoms with Crippen molar-refractivity contribution >= 4 is 0 Å². The molecule has 1 heterocycles. The van der Waals surface area contributed by atoms with Gasteiger partial charge in [0.2, 0.25) is 0 Å². The van der Waals surface area contributed by atoms with Gasteiger partial charge in [-0.2, -0.15) is 5.10 Å². The molecule has 12 heavy (non-hydrogen) atoms. The highest BCUT2D eigenvalue weighted by atomic mass is 16.3. The van der Waals surface area contributed by atoms with Crippen molar-refractivity contribution in [2.24, 2.45) is 5.73 Å². The largest absolute Gasteiger partial charge is 0.394 e. The van der Waals surface area contributed by atoms with Gasteiger partial charge in [0.1, 0.15) is 0 Å². The molecule has 1 aromatic rings. The molecule has 1 aromatic heterocycles. The van der Waals surface area contributed by atoms with Crippen LogP contribution in [0.2, 0.25) is 0 Å². The lowest BCUT2D eigenvalue weighted by Crippen LogP contribution is -2.40. The summed E-state index contributed by atoms with van der Waals surface area (Å²) >= 11 is 0. The second-order valence-corrected chi connectivity index (χ2v) is 2.64. The first kappa shape index (κ1) is 9.18. The number of hydrogen-bond acceptors (Lipinski definition) is 4. The maximum atomic E-state index is 9.11. The maximum Gasteiger partial charge on any atom is 0.0939 e. The molecule has 0 radical (unpaired) electrons. The van der Waals surface area contributed by atoms with E-state index in [0.717, 1.165) is 0 Å². The summed E-state index contributed by atoms with van der Waals surface area (Å²) in [6.45, 7) is 0.0944. The number of aliphatic hydroxyl groups excluding tert-OH is 2. The molecule has 0 fully saturated rings. The molecule has 0 aromatic carbocycles. The molecule has 5 heteroatoms. The van der Waals surface area contributed by atoms with Gasteiger partial charge in [0.15, 0.2) is 0 Å². The molecule has 0 bridgehead atoms. The molecule has 0 unspecified atom stereocenters. The van der Waals surface area contributed by atoms with E-state index in [1.54, 1.807) is 23.1 Å². The first-order chi connectivity index (χ1) is 5.74. The molecule has 0 saturated carbocycles. The highest BCUT2D eigenvalue weighted by Gasteiger charge is 2.13. The van der Waals surface area contributed by atoms with Crippen molar-refractivity contribution in [3.8, 4) is 0 Å². The van der Waals surface area contributed by atoms with Crippen molar-refractivity contribution in [1.82, 2.24) is 9.78 Å². The summed E-state index contributed by atoms with van der Waals surface area (Å²) < 4.78 is 1.61. The third kappa shape index (κ3) is 2.30. The van der Waals surface area contributed by atoms with Crippen molar-refractivity contribution in [3.05, 3.63) is 18.5 Å². The van der Waals surface area contributed by atoms with E-state index in [1.165, 1.54) is 0 Å². The molecule has 2 atom stereocenters. The fraction of sp³-hybridized carbons (Fsp3) is 0.571. The van der Waals surface area contributed by atoms with E-state index < -0.39 is 12.1 Å². The van der Waals surface area contributed by atoms with Gasteiger partial charge in [0.25, 0.3) is 0 Å². The van der Waals surface area contributed by atoms with Crippen molar-refractivity contribution < 1.29 is 10.2 Å². The van der Waals surface area contributed by atoms with Crippen LogP contribution in [0.1, 0.15) is 0 Å². The zero-order valence-electron chi connectivity index (χ0n) is 6.67. The molecule has 0 amide bonds. The Hall–Kier alpha value is -0.910. The first-order valence-electron chi connectivity index (χ1n) is 3.76. The molecule has 68 valence electrons. The minimum Gasteiger partial charge on any atom is -0.394 e. The Labute approximate surface area is 70.4 Å². The quantitative estimate of drug-likeness (QED) is 0.518. The van der Waals surface area contributed by atoms with Crippen molar-refractivity contribution in [3.63, 3.8) is 0 Å². The van der Waals surface area contributed by atoms with Crippen LogP contribution in [0.3, 0.4) is 0 Å². The van der Waals surface area contributed by atoms with E-state index in [1.807, 2.05) is 0 Å². The number of rotatable bonds is 4. The molecular formula is C7H13N3O2. The Morgan fingerprint density at radius 1 is 1.58 bits per heavy atom. The Morgan fingerprint density at radius 2 is 2.33 bits per heavy atom. The van der Waals surface area contributed by atoms with Crippen LogP contribution >= 0.6 is 0 Å². The van der Waals surface area contributed by atoms with Gasteiger partial charge in [-0.25, -0.2) is 0 Å². The van der Waals surface area contributed by atoms with E-state index in [4.69, 9.17) is 15.9 Å². The fourth-order valence-corrected chi connectivity index (χ4v) is 0.882. The smallest absolute Gasteiger partial charge is 0.0939 e. The van der Waals surface area contributed by atoms with Crippen molar-refractivity contribution in [2.75, 3.05) is 6.61 Å². The molecule has 0 saturated heterocycles. The summed E-state index contributed by atoms with van der Waals surface area (Å²) in [6.07, 6.45) is 2.51. The van der Waals surface area contributed by atoms with E-state index in [-0.39, 0.29) is 6.61 Å². The Kier molecular flexibility index (Phi) is 3.21. The topological polar surface area (TPSA) is 84.3 Å². The van der Waals surface area contributed by atoms with Crippen molar-refractivity contribution in [2.45, 2.75) is 18.7 Å². The molecule has 1 rings (SSSR count). The van der Waals surface area contributed by atoms with Crippen LogP contribution in [-0.4, -0.2) is 38.7 Å². The first-order valence-corrected chi connectivity index (χ1v) is 3.76. The fourth-order valence-electron chi connectivity index (χ4n) is 0.882. The normalized spacial score (nSPS) is 15.9. The lowest BCUT2D eigenvalue weighted by molar-refractivity contribution is 0.0683. The van der Waals surface area contributed by atoms with Gasteiger partial charge in [-0.15, -0.1) is 0 Å². The number of nitrogens with two attached hydrogens (primary N) is 1. The second kappa shape index (κ2) is 4.20. The van der Waals surface area contributed by atoms with E-state index in [2.05, 4.69) is 5.10 Å². The molecule has 0 aliphatic carbocycles. The number of hydrogen-bond donors (Lipinski definition) is 3. The summed E-state index contributed by atoms with van der Waals surface area (Å²) in [5.41, 5.74) is 5.55. The van der Waals surface area contributed by atoms with Gasteiger partial charge in [-0.05, 0) is 6.07 Å². The van der Waals surface area contributed by atoms with E-state index >= 15 is 0 Å². The van der Waals surface area contributed by atoms with Crippen LogP contribution in [0.25, 0.3) is 0 Å². The van der Waals surface area contributed by atoms with E-state index in [0.29, 0.717) is 6.54 Å². The SMILES string of the molecule is N[C@H](Cn1cccn1)[C@H](O)CO. The molecular weight excluding hydrogens is 158 g/mol. The maximum absolute atomic E-state index is 9.11. The Morgan fingerprint density at radius 3 is 2.83 bits per heavy atom. The minimum atomic E-state index is -0.880. The minimum absolute atomic E-state index is 0.317. The third-order valence-corrected chi connectivity index (χ3v) is 1.64. The van der Waals surface area contributed by atoms with Gasteiger partial charge in [0.05, 0.1) is 25.3 Å². The second-order valence-electron chi connectivity index (χ2n) is 2.64. The summed E-state index contributed by atoms with van der Waals surface area (Å²) in [4.78, 5) is 0. The van der Waals surface area contributed by atoms with Crippen LogP contribution in [0.15, 0.2) is 18.5 Å². The summed E-state index contributed by atoms with van der Waals surface area (Å²) in [5, 5.41) is 21.6. The Balaban J connectivity index is 2.41. The van der Waals surface area contributed by atoms with Gasteiger partial charge in [-0.1, -0.05) is 0 Å². The van der Waals surface area contributed by atoms with E-state index in [9.17, 15) is 0 Å². The predicted molar refractivity (Wildman–Crippen MR) is 43.3 cm³/mol. The van der Waals surface area contributed by atoms with Gasteiger partial charge in [-0.3, -0.25) is 4.68 Å². The zero-order chi connectivity index (χ0) is 8.97. The molecule has 0 spiro atoms. The van der Waals surface area contributed by atoms with Crippen LogP contribution in [-0.2, 0) is 6.54 Å². The summed E-state index contributed by atoms with van der Waals surface area (Å²) in [6, 6.07) is 1.30. The number of aromatic nitrogens is 2. The average molecular weight is 171 g/mol. The summed E-state index contributed by atoms with van der Waals surface area (Å²) in [7, 11) is 0. The van der Waals surface area contributed by atoms with Gasteiger partial charge >= 0.3 is 0 Å². The molecule has 0 aliphatic rings. The van der Waals surface area contributed by atoms with Crippen LogP contribution in [0, 0.1) is 0 Å². The Bertz CT molecular complexity index is 212. The van der Waals surface area contributed by atoms with Crippen molar-refractivity contribution in [1.29, 1.82) is 0 Å². The lowest BCUT2D eigenvalue weighted by Gasteiger charge is -2.15. The summed E-state index contributed by atoms with van der Waals surface area (Å²) in [5.74, 6) is 0. The number of nitrogens with zero attached hydrogens (tertiary/aromatic N) is 2. The number of aliphatic hydroxyl groups is 2. The highest BCUT2D eigenvalue weighted by molar-refractivity contribution is 4.80. The monoisotopic (exact) mass is 171 g/mol. The highest BCUT2D eigenvalue weighted by Crippen LogP contribution is 1.93. The van der Waals surface area contributed by atoms with Gasteiger partial charge in [0, 0.05) is 12.4 Å². The molecule has 5 nitrogen and oxygen atoms in total. The lowest BCUT2D eigenvalue weighted by atomic mass is 10.2. The zero-order valence-corrected chi connectivity index (χ0v) is 6.67. The molecule has 0 aliphatic heterocycles. The van der Waals surface area contributed by atoms with Crippen LogP contribution in [0.5, 0.6) is 0 Å². The predicted octanol–water partition coefficient (Wildman–Crippen LogP) is -1.44. The van der Waals surface area contributed by atoms with Crippen LogP contribution in [0.4, 0.5) is 0 Å². The van der Waals surface area contributed by atoms with Crippen LogP contribution < -0.4 is 5.73 Å². The average Bonchev–Trinajstić information content (AvgIpc) is 2.55. The standard InChI is InChI=1S/C7H13N3O2/c8-6(7(12)5-11)4-10-3-1-2-9-10/h1-3,6-7,11-12H,4-5,8H2/t6-,7-/m1/s1. The third-order valence-electron chi connectivity index (χ3n) is 1.64. The molecule has 4 N–H and O–H groups in total.